The van der Waals surface area contributed by atoms with Crippen LogP contribution in [0, 0.1) is 29.1 Å². The van der Waals surface area contributed by atoms with Crippen molar-refractivity contribution >= 4 is 8.32 Å². The zero-order valence-corrected chi connectivity index (χ0v) is 28.0. The Bertz CT molecular complexity index is 892. The molecule has 3 fully saturated rings. The van der Waals surface area contributed by atoms with Gasteiger partial charge in [0, 0.05) is 13.0 Å². The van der Waals surface area contributed by atoms with Crippen molar-refractivity contribution in [1.29, 1.82) is 0 Å². The molecule has 3 nitrogen and oxygen atoms in total. The summed E-state index contributed by atoms with van der Waals surface area (Å²) >= 11 is 0. The smallest absolute Gasteiger partial charge is 0.192 e. The predicted octanol–water partition coefficient (Wildman–Crippen LogP) is 9.37. The molecule has 4 heteroatoms. The molecule has 3 rings (SSSR count). The summed E-state index contributed by atoms with van der Waals surface area (Å²) in [5.74, 6) is 3.15. The highest BCUT2D eigenvalue weighted by Crippen LogP contribution is 2.60. The van der Waals surface area contributed by atoms with Gasteiger partial charge in [0.25, 0.3) is 0 Å². The van der Waals surface area contributed by atoms with E-state index >= 15 is 0 Å². The van der Waals surface area contributed by atoms with Crippen LogP contribution in [-0.2, 0) is 4.43 Å². The molecule has 0 spiro atoms. The van der Waals surface area contributed by atoms with Crippen molar-refractivity contribution in [3.05, 3.63) is 34.9 Å². The van der Waals surface area contributed by atoms with Gasteiger partial charge < -0.3 is 14.6 Å². The molecule has 0 bridgehead atoms. The van der Waals surface area contributed by atoms with Gasteiger partial charge in [-0.05, 0) is 103 Å². The molecule has 0 aromatic carbocycles. The zero-order valence-electron chi connectivity index (χ0n) is 27.0. The zero-order chi connectivity index (χ0) is 29.0. The highest BCUT2D eigenvalue weighted by atomic mass is 28.4. The second-order valence-corrected chi connectivity index (χ2v) is 20.2. The fraction of sp³-hybridized carbons (Fsp3) is 0.829. The van der Waals surface area contributed by atoms with E-state index in [1.165, 1.54) is 56.9 Å². The first kappa shape index (κ1) is 32.8. The Balaban J connectivity index is 1.82. The Labute approximate surface area is 242 Å². The lowest BCUT2D eigenvalue weighted by atomic mass is 9.60. The molecule has 3 aliphatic carbocycles. The van der Waals surface area contributed by atoms with Crippen LogP contribution in [0.15, 0.2) is 34.9 Å². The third-order valence-electron chi connectivity index (χ3n) is 11.1. The summed E-state index contributed by atoms with van der Waals surface area (Å²) in [5.41, 5.74) is 4.28. The fourth-order valence-corrected chi connectivity index (χ4v) is 9.21. The van der Waals surface area contributed by atoms with E-state index in [1.54, 1.807) is 5.57 Å². The number of hydrogen-bond donors (Lipinski definition) is 2. The molecule has 224 valence electrons. The molecule has 39 heavy (non-hydrogen) atoms. The number of aliphatic hydroxyl groups is 2. The molecule has 0 heterocycles. The monoisotopic (exact) mass is 558 g/mol. The maximum atomic E-state index is 11.2. The Morgan fingerprint density at radius 3 is 2.46 bits per heavy atom. The summed E-state index contributed by atoms with van der Waals surface area (Å²) in [6, 6.07) is 0. The summed E-state index contributed by atoms with van der Waals surface area (Å²) < 4.78 is 6.80. The molecule has 6 atom stereocenters. The summed E-state index contributed by atoms with van der Waals surface area (Å²) in [4.78, 5) is 0. The molecule has 0 aromatic heterocycles. The standard InChI is InChI=1S/C35H62O3Si/c1-25(2)13-10-14-26(3)31-19-20-32-27(15-11-21-35(31,32)7)17-18-28-23-29(38-39(8,9)34(4,5)6)24-33(37)30(28)16-12-22-36/h16-18,25-26,29,31-33,36-37H,10-15,19-24H2,1-9H3/b27-17+,28-18+,30-16+/t26-,29-,31-,32+,33+,35-/m1/s1. The van der Waals surface area contributed by atoms with Gasteiger partial charge in [0.15, 0.2) is 8.32 Å². The molecule has 0 radical (unpaired) electrons. The minimum absolute atomic E-state index is 0.0518. The topological polar surface area (TPSA) is 49.7 Å². The highest BCUT2D eigenvalue weighted by molar-refractivity contribution is 6.74. The molecule has 0 unspecified atom stereocenters. The van der Waals surface area contributed by atoms with Gasteiger partial charge in [-0.15, -0.1) is 0 Å². The average Bonchev–Trinajstić information content (AvgIpc) is 3.18. The number of hydrogen-bond acceptors (Lipinski definition) is 3. The maximum Gasteiger partial charge on any atom is 0.192 e. The minimum atomic E-state index is -1.93. The average molecular weight is 559 g/mol. The van der Waals surface area contributed by atoms with Crippen LogP contribution in [0.2, 0.25) is 18.1 Å². The quantitative estimate of drug-likeness (QED) is 0.263. The van der Waals surface area contributed by atoms with E-state index in [0.29, 0.717) is 24.2 Å². The summed E-state index contributed by atoms with van der Waals surface area (Å²) in [5, 5.41) is 20.8. The molecule has 0 amide bonds. The second-order valence-electron chi connectivity index (χ2n) is 15.5. The largest absolute Gasteiger partial charge is 0.413 e. The molecular weight excluding hydrogens is 496 g/mol. The van der Waals surface area contributed by atoms with Crippen LogP contribution in [0.3, 0.4) is 0 Å². The molecule has 3 aliphatic rings. The van der Waals surface area contributed by atoms with Gasteiger partial charge in [-0.2, -0.15) is 0 Å². The molecule has 2 N–H and O–H groups in total. The van der Waals surface area contributed by atoms with E-state index in [-0.39, 0.29) is 17.7 Å². The van der Waals surface area contributed by atoms with Gasteiger partial charge in [-0.3, -0.25) is 0 Å². The van der Waals surface area contributed by atoms with Crippen molar-refractivity contribution in [3.63, 3.8) is 0 Å². The van der Waals surface area contributed by atoms with Gasteiger partial charge in [0.1, 0.15) is 0 Å². The van der Waals surface area contributed by atoms with Crippen LogP contribution in [0.25, 0.3) is 0 Å². The molecule has 0 aliphatic heterocycles. The van der Waals surface area contributed by atoms with Crippen LogP contribution >= 0.6 is 0 Å². The number of fused-ring (bicyclic) bond motifs is 1. The normalized spacial score (nSPS) is 34.3. The predicted molar refractivity (Wildman–Crippen MR) is 169 cm³/mol. The first-order valence-corrected chi connectivity index (χ1v) is 19.2. The van der Waals surface area contributed by atoms with Crippen LogP contribution in [0.4, 0.5) is 0 Å². The summed E-state index contributed by atoms with van der Waals surface area (Å²) in [6.45, 7) is 21.4. The Morgan fingerprint density at radius 2 is 1.82 bits per heavy atom. The van der Waals surface area contributed by atoms with Crippen LogP contribution in [-0.4, -0.2) is 37.3 Å². The minimum Gasteiger partial charge on any atom is -0.413 e. The lowest BCUT2D eigenvalue weighted by Gasteiger charge is -2.44. The summed E-state index contributed by atoms with van der Waals surface area (Å²) in [7, 11) is -1.93. The van der Waals surface area contributed by atoms with Gasteiger partial charge in [-0.25, -0.2) is 0 Å². The van der Waals surface area contributed by atoms with Gasteiger partial charge in [0.05, 0.1) is 12.2 Å². The SMILES string of the molecule is CC(C)CCC[C@@H](C)[C@H]1CC[C@H]2/C(=C/C=C3\C[C@@H](O[Si](C)(C)C(C)(C)C)C[C@H](O)\C3=C\CCO)CCC[C@]12C. The molecular formula is C35H62O3Si. The Morgan fingerprint density at radius 1 is 1.10 bits per heavy atom. The third-order valence-corrected chi connectivity index (χ3v) is 15.6. The van der Waals surface area contributed by atoms with Crippen LogP contribution in [0.1, 0.15) is 119 Å². The van der Waals surface area contributed by atoms with Crippen molar-refractivity contribution in [2.45, 2.75) is 149 Å². The van der Waals surface area contributed by atoms with E-state index in [0.717, 1.165) is 29.7 Å². The van der Waals surface area contributed by atoms with Crippen molar-refractivity contribution in [2.75, 3.05) is 6.61 Å². The fourth-order valence-electron chi connectivity index (χ4n) is 7.84. The van der Waals surface area contributed by atoms with Gasteiger partial charge >= 0.3 is 0 Å². The second kappa shape index (κ2) is 13.5. The van der Waals surface area contributed by atoms with Crippen molar-refractivity contribution in [1.82, 2.24) is 0 Å². The van der Waals surface area contributed by atoms with Crippen LogP contribution < -0.4 is 0 Å². The van der Waals surface area contributed by atoms with Crippen molar-refractivity contribution in [3.8, 4) is 0 Å². The Kier molecular flexibility index (Phi) is 11.4. The number of rotatable bonds is 10. The summed E-state index contributed by atoms with van der Waals surface area (Å²) in [6.07, 6.45) is 19.1. The third kappa shape index (κ3) is 7.99. The van der Waals surface area contributed by atoms with Crippen molar-refractivity contribution in [2.24, 2.45) is 29.1 Å². The highest BCUT2D eigenvalue weighted by Gasteiger charge is 2.50. The molecule has 0 saturated heterocycles. The molecule has 3 saturated carbocycles. The van der Waals surface area contributed by atoms with E-state index in [2.05, 4.69) is 79.8 Å². The van der Waals surface area contributed by atoms with E-state index in [9.17, 15) is 10.2 Å². The molecule has 0 aromatic rings. The van der Waals surface area contributed by atoms with Gasteiger partial charge in [0.2, 0.25) is 0 Å². The van der Waals surface area contributed by atoms with Gasteiger partial charge in [-0.1, -0.05) is 91.5 Å². The number of aliphatic hydroxyl groups excluding tert-OH is 2. The maximum absolute atomic E-state index is 11.2. The van der Waals surface area contributed by atoms with E-state index in [1.807, 2.05) is 0 Å². The van der Waals surface area contributed by atoms with E-state index < -0.39 is 14.4 Å². The lowest BCUT2D eigenvalue weighted by Crippen LogP contribution is -2.46. The van der Waals surface area contributed by atoms with Crippen molar-refractivity contribution < 1.29 is 14.6 Å². The van der Waals surface area contributed by atoms with E-state index in [4.69, 9.17) is 4.43 Å². The Hall–Kier alpha value is -0.683. The first-order valence-electron chi connectivity index (χ1n) is 16.3. The number of allylic oxidation sites excluding steroid dienone is 3. The first-order chi connectivity index (χ1) is 18.2. The lowest BCUT2D eigenvalue weighted by molar-refractivity contribution is 0.0913. The van der Waals surface area contributed by atoms with Crippen LogP contribution in [0.5, 0.6) is 0 Å².